The van der Waals surface area contributed by atoms with Gasteiger partial charge in [0.25, 0.3) is 0 Å². The lowest BCUT2D eigenvalue weighted by Gasteiger charge is -2.30. The second-order valence-electron chi connectivity index (χ2n) is 5.90. The molecule has 1 aliphatic rings. The molecule has 0 unspecified atom stereocenters. The van der Waals surface area contributed by atoms with Crippen LogP contribution >= 0.6 is 0 Å². The van der Waals surface area contributed by atoms with Gasteiger partial charge in [0, 0.05) is 37.3 Å². The number of piperazine rings is 1. The standard InChI is InChI=1S/C20H20N4/c1-3-7-16(8-4-1)19-18(24-13-11-21-12-14-24)15-22-20(23-19)17-9-5-2-6-10-17/h1-10,15,21H,11-14H2. The van der Waals surface area contributed by atoms with Gasteiger partial charge >= 0.3 is 0 Å². The first-order valence-corrected chi connectivity index (χ1v) is 8.35. The van der Waals surface area contributed by atoms with Crippen LogP contribution in [0, 0.1) is 0 Å². The van der Waals surface area contributed by atoms with E-state index in [4.69, 9.17) is 4.98 Å². The van der Waals surface area contributed by atoms with Gasteiger partial charge in [0.15, 0.2) is 5.82 Å². The minimum Gasteiger partial charge on any atom is -0.366 e. The summed E-state index contributed by atoms with van der Waals surface area (Å²) in [6, 6.07) is 20.5. The Bertz CT molecular complexity index is 796. The van der Waals surface area contributed by atoms with Crippen molar-refractivity contribution in [1.82, 2.24) is 15.3 Å². The monoisotopic (exact) mass is 316 g/mol. The van der Waals surface area contributed by atoms with E-state index in [0.29, 0.717) is 0 Å². The first-order chi connectivity index (χ1) is 11.9. The van der Waals surface area contributed by atoms with E-state index >= 15 is 0 Å². The fourth-order valence-electron chi connectivity index (χ4n) is 3.05. The molecule has 1 saturated heterocycles. The highest BCUT2D eigenvalue weighted by Crippen LogP contribution is 2.30. The summed E-state index contributed by atoms with van der Waals surface area (Å²) in [5.74, 6) is 0.772. The number of hydrogen-bond donors (Lipinski definition) is 1. The van der Waals surface area contributed by atoms with Crippen LogP contribution in [0.5, 0.6) is 0 Å². The van der Waals surface area contributed by atoms with Crippen molar-refractivity contribution >= 4 is 5.69 Å². The number of anilines is 1. The summed E-state index contributed by atoms with van der Waals surface area (Å²) in [5, 5.41) is 3.40. The molecule has 1 fully saturated rings. The zero-order valence-corrected chi connectivity index (χ0v) is 13.5. The first-order valence-electron chi connectivity index (χ1n) is 8.35. The van der Waals surface area contributed by atoms with E-state index in [1.54, 1.807) is 0 Å². The van der Waals surface area contributed by atoms with E-state index < -0.39 is 0 Å². The van der Waals surface area contributed by atoms with Gasteiger partial charge < -0.3 is 10.2 Å². The van der Waals surface area contributed by atoms with E-state index in [0.717, 1.165) is 54.5 Å². The van der Waals surface area contributed by atoms with Gasteiger partial charge in [-0.15, -0.1) is 0 Å². The predicted molar refractivity (Wildman–Crippen MR) is 98.0 cm³/mol. The third-order valence-corrected chi connectivity index (χ3v) is 4.31. The predicted octanol–water partition coefficient (Wildman–Crippen LogP) is 3.22. The van der Waals surface area contributed by atoms with Crippen LogP contribution in [0.4, 0.5) is 5.69 Å². The Labute approximate surface area is 142 Å². The number of aromatic nitrogens is 2. The van der Waals surface area contributed by atoms with E-state index in [-0.39, 0.29) is 0 Å². The van der Waals surface area contributed by atoms with E-state index in [9.17, 15) is 0 Å². The molecule has 0 saturated carbocycles. The Hall–Kier alpha value is -2.72. The molecule has 0 atom stereocenters. The zero-order chi connectivity index (χ0) is 16.2. The fraction of sp³-hybridized carbons (Fsp3) is 0.200. The SMILES string of the molecule is c1ccc(-c2ncc(N3CCNCC3)c(-c3ccccc3)n2)cc1. The molecule has 1 aliphatic heterocycles. The maximum Gasteiger partial charge on any atom is 0.159 e. The van der Waals surface area contributed by atoms with Gasteiger partial charge in [0.1, 0.15) is 0 Å². The van der Waals surface area contributed by atoms with Crippen molar-refractivity contribution in [1.29, 1.82) is 0 Å². The second kappa shape index (κ2) is 6.81. The number of benzene rings is 2. The molecule has 0 amide bonds. The molecule has 3 aromatic rings. The van der Waals surface area contributed by atoms with Crippen LogP contribution in [0.25, 0.3) is 22.6 Å². The Balaban J connectivity index is 1.82. The Morgan fingerprint density at radius 1 is 0.792 bits per heavy atom. The van der Waals surface area contributed by atoms with Crippen LogP contribution in [0.15, 0.2) is 66.9 Å². The summed E-state index contributed by atoms with van der Waals surface area (Å²) in [6.45, 7) is 3.95. The normalized spacial score (nSPS) is 14.6. The summed E-state index contributed by atoms with van der Waals surface area (Å²) in [6.07, 6.45) is 1.98. The molecule has 1 N–H and O–H groups in total. The average Bonchev–Trinajstić information content (AvgIpc) is 2.69. The zero-order valence-electron chi connectivity index (χ0n) is 13.5. The number of nitrogens with one attached hydrogen (secondary N) is 1. The number of nitrogens with zero attached hydrogens (tertiary/aromatic N) is 3. The highest BCUT2D eigenvalue weighted by molar-refractivity contribution is 5.76. The lowest BCUT2D eigenvalue weighted by atomic mass is 10.1. The van der Waals surface area contributed by atoms with Crippen molar-refractivity contribution in [3.05, 3.63) is 66.9 Å². The summed E-state index contributed by atoms with van der Waals surface area (Å²) in [4.78, 5) is 11.9. The van der Waals surface area contributed by atoms with Crippen molar-refractivity contribution in [2.75, 3.05) is 31.1 Å². The second-order valence-corrected chi connectivity index (χ2v) is 5.90. The molecule has 4 rings (SSSR count). The average molecular weight is 316 g/mol. The largest absolute Gasteiger partial charge is 0.366 e. The molecule has 24 heavy (non-hydrogen) atoms. The lowest BCUT2D eigenvalue weighted by Crippen LogP contribution is -2.43. The van der Waals surface area contributed by atoms with Gasteiger partial charge in [-0.2, -0.15) is 0 Å². The molecule has 0 spiro atoms. The minimum absolute atomic E-state index is 0.772. The smallest absolute Gasteiger partial charge is 0.159 e. The van der Waals surface area contributed by atoms with Crippen LogP contribution < -0.4 is 10.2 Å². The van der Waals surface area contributed by atoms with Crippen LogP contribution in [0.2, 0.25) is 0 Å². The van der Waals surface area contributed by atoms with Crippen LogP contribution in [-0.4, -0.2) is 36.1 Å². The minimum atomic E-state index is 0.772. The molecule has 0 aliphatic carbocycles. The molecular weight excluding hydrogens is 296 g/mol. The van der Waals surface area contributed by atoms with Gasteiger partial charge in [-0.1, -0.05) is 60.7 Å². The first kappa shape index (κ1) is 14.8. The Morgan fingerprint density at radius 3 is 2.08 bits per heavy atom. The van der Waals surface area contributed by atoms with Crippen molar-refractivity contribution < 1.29 is 0 Å². The molecule has 4 nitrogen and oxygen atoms in total. The summed E-state index contributed by atoms with van der Waals surface area (Å²) in [5.41, 5.74) is 4.29. The third kappa shape index (κ3) is 3.01. The maximum absolute atomic E-state index is 4.92. The van der Waals surface area contributed by atoms with Crippen molar-refractivity contribution in [2.45, 2.75) is 0 Å². The van der Waals surface area contributed by atoms with Crippen LogP contribution in [-0.2, 0) is 0 Å². The highest BCUT2D eigenvalue weighted by Gasteiger charge is 2.18. The maximum atomic E-state index is 4.92. The molecule has 1 aromatic heterocycles. The third-order valence-electron chi connectivity index (χ3n) is 4.31. The van der Waals surface area contributed by atoms with E-state index in [1.807, 2.05) is 30.5 Å². The summed E-state index contributed by atoms with van der Waals surface area (Å²) >= 11 is 0. The Kier molecular flexibility index (Phi) is 4.21. The molecule has 0 bridgehead atoms. The lowest BCUT2D eigenvalue weighted by molar-refractivity contribution is 0.588. The van der Waals surface area contributed by atoms with Gasteiger partial charge in [-0.05, 0) is 0 Å². The van der Waals surface area contributed by atoms with E-state index in [2.05, 4.69) is 51.6 Å². The van der Waals surface area contributed by atoms with Gasteiger partial charge in [0.2, 0.25) is 0 Å². The van der Waals surface area contributed by atoms with Gasteiger partial charge in [-0.3, -0.25) is 0 Å². The van der Waals surface area contributed by atoms with Gasteiger partial charge in [-0.25, -0.2) is 9.97 Å². The molecular formula is C20H20N4. The molecule has 120 valence electrons. The topological polar surface area (TPSA) is 41.1 Å². The number of hydrogen-bond acceptors (Lipinski definition) is 4. The highest BCUT2D eigenvalue weighted by atomic mass is 15.2. The van der Waals surface area contributed by atoms with Crippen molar-refractivity contribution in [3.8, 4) is 22.6 Å². The molecule has 2 aromatic carbocycles. The quantitative estimate of drug-likeness (QED) is 0.805. The summed E-state index contributed by atoms with van der Waals surface area (Å²) < 4.78 is 0. The molecule has 4 heteroatoms. The van der Waals surface area contributed by atoms with Crippen LogP contribution in [0.3, 0.4) is 0 Å². The van der Waals surface area contributed by atoms with Crippen LogP contribution in [0.1, 0.15) is 0 Å². The van der Waals surface area contributed by atoms with Gasteiger partial charge in [0.05, 0.1) is 17.6 Å². The number of rotatable bonds is 3. The van der Waals surface area contributed by atoms with Crippen molar-refractivity contribution in [3.63, 3.8) is 0 Å². The fourth-order valence-corrected chi connectivity index (χ4v) is 3.05. The summed E-state index contributed by atoms with van der Waals surface area (Å²) in [7, 11) is 0. The van der Waals surface area contributed by atoms with Crippen molar-refractivity contribution in [2.24, 2.45) is 0 Å². The van der Waals surface area contributed by atoms with E-state index in [1.165, 1.54) is 0 Å². The Morgan fingerprint density at radius 2 is 1.42 bits per heavy atom. The molecule has 2 heterocycles. The molecule has 0 radical (unpaired) electrons.